The maximum absolute atomic E-state index is 12.7. The third kappa shape index (κ3) is 5.59. The number of nitrogens with one attached hydrogen (secondary N) is 3. The fourth-order valence-corrected chi connectivity index (χ4v) is 2.85. The van der Waals surface area contributed by atoms with Crippen molar-refractivity contribution in [3.8, 4) is 0 Å². The summed E-state index contributed by atoms with van der Waals surface area (Å²) < 4.78 is 0. The minimum Gasteiger partial charge on any atom is -0.338 e. The molecule has 0 aliphatic heterocycles. The molecule has 3 N–H and O–H groups in total. The van der Waals surface area contributed by atoms with Gasteiger partial charge >= 0.3 is 6.03 Å². The highest BCUT2D eigenvalue weighted by Gasteiger charge is 2.30. The average molecular weight is 361 g/mol. The largest absolute Gasteiger partial charge is 0.338 e. The van der Waals surface area contributed by atoms with Crippen LogP contribution < -0.4 is 15.5 Å². The van der Waals surface area contributed by atoms with Gasteiger partial charge in [-0.3, -0.25) is 10.1 Å². The number of carbonyl (C=O) groups is 2. The first kappa shape index (κ1) is 19.0. The Morgan fingerprint density at radius 1 is 1.08 bits per heavy atom. The van der Waals surface area contributed by atoms with Crippen molar-refractivity contribution in [3.05, 3.63) is 70.7 Å². The van der Waals surface area contributed by atoms with Crippen molar-refractivity contribution in [2.24, 2.45) is 0 Å². The minimum atomic E-state index is -0.500. The first-order valence-corrected chi connectivity index (χ1v) is 8.59. The first-order valence-electron chi connectivity index (χ1n) is 8.21. The van der Waals surface area contributed by atoms with E-state index in [1.165, 1.54) is 0 Å². The highest BCUT2D eigenvalue weighted by Crippen LogP contribution is 2.12. The van der Waals surface area contributed by atoms with Gasteiger partial charge in [0, 0.05) is 22.7 Å². The van der Waals surface area contributed by atoms with Gasteiger partial charge in [0.2, 0.25) is 0 Å². The van der Waals surface area contributed by atoms with Crippen LogP contribution in [0.15, 0.2) is 54.6 Å². The number of imide groups is 1. The Kier molecular flexibility index (Phi) is 6.98. The van der Waals surface area contributed by atoms with Crippen molar-refractivity contribution in [2.45, 2.75) is 19.5 Å². The van der Waals surface area contributed by atoms with Crippen LogP contribution in [0.3, 0.4) is 0 Å². The highest BCUT2D eigenvalue weighted by atomic mass is 35.5. The summed E-state index contributed by atoms with van der Waals surface area (Å²) >= 11 is 5.93. The molecule has 2 rings (SSSR count). The molecule has 3 amide bonds. The molecule has 0 aromatic heterocycles. The molecule has 0 saturated heterocycles. The molecular weight excluding hydrogens is 338 g/mol. The number of benzene rings is 2. The number of amides is 3. The molecule has 1 unspecified atom stereocenters. The second-order valence-corrected chi connectivity index (χ2v) is 6.28. The number of quaternary nitrogens is 1. The van der Waals surface area contributed by atoms with E-state index in [2.05, 4.69) is 10.6 Å². The maximum atomic E-state index is 12.7. The molecule has 0 saturated carbocycles. The molecule has 0 aliphatic carbocycles. The van der Waals surface area contributed by atoms with Gasteiger partial charge in [-0.15, -0.1) is 0 Å². The van der Waals surface area contributed by atoms with Crippen LogP contribution in [-0.4, -0.2) is 25.5 Å². The summed E-state index contributed by atoms with van der Waals surface area (Å²) in [5.41, 5.74) is 1.92. The standard InChI is InChI=1S/C19H22ClN3O2/c1-3-21-19(25)22-18(24)17(15-7-5-4-6-8-15)23(2)13-14-9-11-16(20)12-10-14/h4-12,17H,3,13H2,1-2H3,(H2,21,22,24,25)/p+1/t17-/m1/s1. The smallest absolute Gasteiger partial charge is 0.321 e. The molecule has 0 bridgehead atoms. The summed E-state index contributed by atoms with van der Waals surface area (Å²) in [5.74, 6) is -0.330. The fraction of sp³-hybridized carbons (Fsp3) is 0.263. The third-order valence-corrected chi connectivity index (χ3v) is 4.11. The van der Waals surface area contributed by atoms with Gasteiger partial charge in [-0.05, 0) is 19.1 Å². The molecule has 2 aromatic carbocycles. The molecule has 6 heteroatoms. The van der Waals surface area contributed by atoms with Gasteiger partial charge in [0.15, 0.2) is 6.04 Å². The molecule has 25 heavy (non-hydrogen) atoms. The number of rotatable bonds is 6. The summed E-state index contributed by atoms with van der Waals surface area (Å²) in [5, 5.41) is 5.68. The van der Waals surface area contributed by atoms with Crippen LogP contribution in [0.2, 0.25) is 5.02 Å². The Balaban J connectivity index is 2.20. The molecule has 132 valence electrons. The second-order valence-electron chi connectivity index (χ2n) is 5.84. The third-order valence-electron chi connectivity index (χ3n) is 3.86. The van der Waals surface area contributed by atoms with Gasteiger partial charge in [-0.1, -0.05) is 54.1 Å². The number of likely N-dealkylation sites (N-methyl/N-ethyl adjacent to an activating group) is 1. The molecule has 0 radical (unpaired) electrons. The van der Waals surface area contributed by atoms with E-state index in [4.69, 9.17) is 11.6 Å². The number of halogens is 1. The zero-order valence-corrected chi connectivity index (χ0v) is 15.1. The maximum Gasteiger partial charge on any atom is 0.321 e. The molecule has 2 atom stereocenters. The van der Waals surface area contributed by atoms with Gasteiger partial charge in [0.05, 0.1) is 7.05 Å². The Hall–Kier alpha value is -2.37. The van der Waals surface area contributed by atoms with Gasteiger partial charge in [0.25, 0.3) is 5.91 Å². The number of urea groups is 1. The van der Waals surface area contributed by atoms with Gasteiger partial charge in [0.1, 0.15) is 6.54 Å². The van der Waals surface area contributed by atoms with E-state index in [1.807, 2.05) is 61.6 Å². The van der Waals surface area contributed by atoms with E-state index in [0.29, 0.717) is 18.1 Å². The predicted octanol–water partition coefficient (Wildman–Crippen LogP) is 1.94. The fourth-order valence-electron chi connectivity index (χ4n) is 2.72. The summed E-state index contributed by atoms with van der Waals surface area (Å²) in [7, 11) is 1.93. The number of hydrogen-bond donors (Lipinski definition) is 3. The van der Waals surface area contributed by atoms with Crippen molar-refractivity contribution >= 4 is 23.5 Å². The van der Waals surface area contributed by atoms with Gasteiger partial charge < -0.3 is 10.2 Å². The lowest BCUT2D eigenvalue weighted by Gasteiger charge is -2.24. The molecule has 0 fully saturated rings. The van der Waals surface area contributed by atoms with Crippen molar-refractivity contribution in [1.82, 2.24) is 10.6 Å². The topological polar surface area (TPSA) is 62.6 Å². The summed E-state index contributed by atoms with van der Waals surface area (Å²) in [6.45, 7) is 2.89. The number of hydrogen-bond acceptors (Lipinski definition) is 2. The second kappa shape index (κ2) is 9.20. The van der Waals surface area contributed by atoms with Crippen LogP contribution in [-0.2, 0) is 11.3 Å². The lowest BCUT2D eigenvalue weighted by Crippen LogP contribution is -3.09. The van der Waals surface area contributed by atoms with Crippen LogP contribution in [0.25, 0.3) is 0 Å². The van der Waals surface area contributed by atoms with E-state index in [0.717, 1.165) is 16.0 Å². The summed E-state index contributed by atoms with van der Waals surface area (Å²) in [4.78, 5) is 25.4. The molecular formula is C19H23ClN3O2+. The predicted molar refractivity (Wildman–Crippen MR) is 98.4 cm³/mol. The summed E-state index contributed by atoms with van der Waals surface area (Å²) in [6, 6.07) is 16.0. The van der Waals surface area contributed by atoms with Crippen LogP contribution in [0.4, 0.5) is 4.79 Å². The monoisotopic (exact) mass is 360 g/mol. The van der Waals surface area contributed by atoms with Crippen LogP contribution in [0.1, 0.15) is 24.1 Å². The van der Waals surface area contributed by atoms with E-state index in [9.17, 15) is 9.59 Å². The lowest BCUT2D eigenvalue weighted by molar-refractivity contribution is -0.916. The van der Waals surface area contributed by atoms with E-state index < -0.39 is 12.1 Å². The van der Waals surface area contributed by atoms with Crippen molar-refractivity contribution in [3.63, 3.8) is 0 Å². The number of carbonyl (C=O) groups excluding carboxylic acids is 2. The van der Waals surface area contributed by atoms with Crippen LogP contribution in [0, 0.1) is 0 Å². The van der Waals surface area contributed by atoms with Crippen molar-refractivity contribution in [2.75, 3.05) is 13.6 Å². The lowest BCUT2D eigenvalue weighted by atomic mass is 10.0. The van der Waals surface area contributed by atoms with E-state index in [1.54, 1.807) is 6.92 Å². The van der Waals surface area contributed by atoms with Crippen molar-refractivity contribution < 1.29 is 14.5 Å². The SMILES string of the molecule is CCNC(=O)NC(=O)[C@@H](c1ccccc1)[NH+](C)Cc1ccc(Cl)cc1. The van der Waals surface area contributed by atoms with Crippen molar-refractivity contribution in [1.29, 1.82) is 0 Å². The highest BCUT2D eigenvalue weighted by molar-refractivity contribution is 6.30. The van der Waals surface area contributed by atoms with Crippen LogP contribution >= 0.6 is 11.6 Å². The quantitative estimate of drug-likeness (QED) is 0.737. The first-order chi connectivity index (χ1) is 12.0. The zero-order chi connectivity index (χ0) is 18.2. The molecule has 0 spiro atoms. The molecule has 2 aromatic rings. The Morgan fingerprint density at radius 2 is 1.72 bits per heavy atom. The summed E-state index contributed by atoms with van der Waals surface area (Å²) in [6.07, 6.45) is 0. The normalized spacial score (nSPS) is 12.9. The van der Waals surface area contributed by atoms with Crippen LogP contribution in [0.5, 0.6) is 0 Å². The molecule has 0 aliphatic rings. The average Bonchev–Trinajstić information content (AvgIpc) is 2.58. The van der Waals surface area contributed by atoms with E-state index in [-0.39, 0.29) is 5.91 Å². The minimum absolute atomic E-state index is 0.330. The molecule has 0 heterocycles. The molecule has 5 nitrogen and oxygen atoms in total. The Bertz CT molecular complexity index is 704. The zero-order valence-electron chi connectivity index (χ0n) is 14.4. The Labute approximate surface area is 153 Å². The van der Waals surface area contributed by atoms with E-state index >= 15 is 0 Å². The van der Waals surface area contributed by atoms with Gasteiger partial charge in [-0.25, -0.2) is 4.79 Å². The Morgan fingerprint density at radius 3 is 2.32 bits per heavy atom. The van der Waals surface area contributed by atoms with Gasteiger partial charge in [-0.2, -0.15) is 0 Å².